The number of nitrogens with one attached hydrogen (secondary N) is 1. The minimum Gasteiger partial charge on any atom is -0.444 e. The van der Waals surface area contributed by atoms with Gasteiger partial charge in [0.2, 0.25) is 0 Å². The zero-order valence-corrected chi connectivity index (χ0v) is 15.9. The van der Waals surface area contributed by atoms with E-state index in [4.69, 9.17) is 4.74 Å². The number of amides is 1. The zero-order valence-electron chi connectivity index (χ0n) is 15.9. The second kappa shape index (κ2) is 7.77. The largest absolute Gasteiger partial charge is 0.444 e. The minimum atomic E-state index is -0.435. The van der Waals surface area contributed by atoms with Gasteiger partial charge in [-0.3, -0.25) is 0 Å². The van der Waals surface area contributed by atoms with Crippen molar-refractivity contribution in [2.24, 2.45) is 0 Å². The second-order valence-electron chi connectivity index (χ2n) is 8.47. The summed E-state index contributed by atoms with van der Waals surface area (Å²) in [6.45, 7) is 8.25. The van der Waals surface area contributed by atoms with Crippen molar-refractivity contribution in [3.05, 3.63) is 35.4 Å². The highest BCUT2D eigenvalue weighted by atomic mass is 16.6. The summed E-state index contributed by atoms with van der Waals surface area (Å²) >= 11 is 0. The van der Waals surface area contributed by atoms with Crippen molar-refractivity contribution in [3.63, 3.8) is 0 Å². The van der Waals surface area contributed by atoms with E-state index in [1.165, 1.54) is 30.4 Å². The van der Waals surface area contributed by atoms with E-state index in [0.29, 0.717) is 0 Å². The van der Waals surface area contributed by atoms with Crippen molar-refractivity contribution in [3.8, 4) is 0 Å². The molecule has 1 heterocycles. The Kier molecular flexibility index (Phi) is 5.67. The van der Waals surface area contributed by atoms with E-state index in [0.717, 1.165) is 38.4 Å². The smallest absolute Gasteiger partial charge is 0.410 e. The molecule has 0 aromatic heterocycles. The van der Waals surface area contributed by atoms with Crippen LogP contribution in [0.5, 0.6) is 0 Å². The number of nitrogens with zero attached hydrogens (tertiary/aromatic N) is 1. The standard InChI is InChI=1S/C21H32N2O2/c1-21(2,3)25-20(24)23-13-5-4-6-19(23)15-22-14-16-7-9-17(10-8-16)18-11-12-18/h7-10,18-19,22H,4-6,11-15H2,1-3H3. The average Bonchev–Trinajstić information content (AvgIpc) is 3.39. The van der Waals surface area contributed by atoms with E-state index < -0.39 is 5.60 Å². The molecule has 1 atom stereocenters. The van der Waals surface area contributed by atoms with Crippen LogP contribution in [0.1, 0.15) is 69.9 Å². The summed E-state index contributed by atoms with van der Waals surface area (Å²) in [6, 6.07) is 9.22. The van der Waals surface area contributed by atoms with E-state index in [9.17, 15) is 4.79 Å². The molecule has 1 unspecified atom stereocenters. The van der Waals surface area contributed by atoms with Gasteiger partial charge in [0.15, 0.2) is 0 Å². The Morgan fingerprint density at radius 2 is 1.88 bits per heavy atom. The van der Waals surface area contributed by atoms with Crippen molar-refractivity contribution in [1.29, 1.82) is 0 Å². The summed E-state index contributed by atoms with van der Waals surface area (Å²) < 4.78 is 5.57. The molecule has 2 aliphatic rings. The number of rotatable bonds is 5. The molecule has 1 aliphatic carbocycles. The molecule has 138 valence electrons. The molecular formula is C21H32N2O2. The Morgan fingerprint density at radius 1 is 1.16 bits per heavy atom. The number of hydrogen-bond donors (Lipinski definition) is 1. The molecule has 25 heavy (non-hydrogen) atoms. The quantitative estimate of drug-likeness (QED) is 0.858. The summed E-state index contributed by atoms with van der Waals surface area (Å²) in [5, 5.41) is 3.53. The Hall–Kier alpha value is -1.55. The number of ether oxygens (including phenoxy) is 1. The highest BCUT2D eigenvalue weighted by Gasteiger charge is 2.30. The fourth-order valence-corrected chi connectivity index (χ4v) is 3.48. The van der Waals surface area contributed by atoms with Gasteiger partial charge >= 0.3 is 6.09 Å². The minimum absolute atomic E-state index is 0.173. The molecule has 0 radical (unpaired) electrons. The lowest BCUT2D eigenvalue weighted by Gasteiger charge is -2.37. The molecule has 2 fully saturated rings. The zero-order chi connectivity index (χ0) is 17.9. The lowest BCUT2D eigenvalue weighted by molar-refractivity contribution is 0.00993. The monoisotopic (exact) mass is 344 g/mol. The van der Waals surface area contributed by atoms with Crippen LogP contribution < -0.4 is 5.32 Å². The van der Waals surface area contributed by atoms with E-state index in [1.807, 2.05) is 25.7 Å². The molecule has 4 heteroatoms. The SMILES string of the molecule is CC(C)(C)OC(=O)N1CCCCC1CNCc1ccc(C2CC2)cc1. The highest BCUT2D eigenvalue weighted by Crippen LogP contribution is 2.39. The number of carbonyl (C=O) groups is 1. The molecular weight excluding hydrogens is 312 g/mol. The first-order valence-corrected chi connectivity index (χ1v) is 9.71. The Bertz CT molecular complexity index is 573. The number of likely N-dealkylation sites (tertiary alicyclic amines) is 1. The summed E-state index contributed by atoms with van der Waals surface area (Å²) in [5.41, 5.74) is 2.35. The maximum Gasteiger partial charge on any atom is 0.410 e. The Balaban J connectivity index is 1.48. The lowest BCUT2D eigenvalue weighted by atomic mass is 10.0. The molecule has 4 nitrogen and oxygen atoms in total. The molecule has 1 aliphatic heterocycles. The number of carbonyl (C=O) groups excluding carboxylic acids is 1. The van der Waals surface area contributed by atoms with Crippen LogP contribution in [0.25, 0.3) is 0 Å². The summed E-state index contributed by atoms with van der Waals surface area (Å²) in [7, 11) is 0. The summed E-state index contributed by atoms with van der Waals surface area (Å²) in [6.07, 6.45) is 5.82. The first-order chi connectivity index (χ1) is 11.9. The number of benzene rings is 1. The van der Waals surface area contributed by atoms with Crippen LogP contribution in [-0.2, 0) is 11.3 Å². The highest BCUT2D eigenvalue weighted by molar-refractivity contribution is 5.68. The predicted octanol–water partition coefficient (Wildman–Crippen LogP) is 4.44. The van der Waals surface area contributed by atoms with Crippen LogP contribution in [-0.4, -0.2) is 35.7 Å². The van der Waals surface area contributed by atoms with Gasteiger partial charge in [0.05, 0.1) is 0 Å². The van der Waals surface area contributed by atoms with Crippen molar-refractivity contribution >= 4 is 6.09 Å². The maximum atomic E-state index is 12.4. The van der Waals surface area contributed by atoms with Crippen molar-refractivity contribution in [1.82, 2.24) is 10.2 Å². The van der Waals surface area contributed by atoms with Gasteiger partial charge < -0.3 is 15.0 Å². The number of piperidine rings is 1. The fraction of sp³-hybridized carbons (Fsp3) is 0.667. The fourth-order valence-electron chi connectivity index (χ4n) is 3.48. The Morgan fingerprint density at radius 3 is 2.52 bits per heavy atom. The molecule has 1 aromatic rings. The second-order valence-corrected chi connectivity index (χ2v) is 8.47. The van der Waals surface area contributed by atoms with Gasteiger partial charge in [-0.05, 0) is 69.9 Å². The normalized spacial score (nSPS) is 21.2. The van der Waals surface area contributed by atoms with Crippen LogP contribution in [0.2, 0.25) is 0 Å². The van der Waals surface area contributed by atoms with Crippen LogP contribution >= 0.6 is 0 Å². The van der Waals surface area contributed by atoms with Gasteiger partial charge in [-0.2, -0.15) is 0 Å². The van der Waals surface area contributed by atoms with Gasteiger partial charge in [-0.25, -0.2) is 4.79 Å². The molecule has 3 rings (SSSR count). The van der Waals surface area contributed by atoms with E-state index in [2.05, 4.69) is 29.6 Å². The van der Waals surface area contributed by atoms with Gasteiger partial charge in [0, 0.05) is 25.7 Å². The van der Waals surface area contributed by atoms with Crippen molar-refractivity contribution in [2.45, 2.75) is 77.0 Å². The van der Waals surface area contributed by atoms with Crippen molar-refractivity contribution < 1.29 is 9.53 Å². The average molecular weight is 344 g/mol. The van der Waals surface area contributed by atoms with Crippen LogP contribution in [0.3, 0.4) is 0 Å². The van der Waals surface area contributed by atoms with E-state index in [1.54, 1.807) is 0 Å². The van der Waals surface area contributed by atoms with E-state index in [-0.39, 0.29) is 12.1 Å². The molecule has 1 aromatic carbocycles. The molecule has 0 bridgehead atoms. The predicted molar refractivity (Wildman–Crippen MR) is 101 cm³/mol. The van der Waals surface area contributed by atoms with Crippen LogP contribution in [0.4, 0.5) is 4.79 Å². The summed E-state index contributed by atoms with van der Waals surface area (Å²) in [5.74, 6) is 0.812. The molecule has 0 spiro atoms. The summed E-state index contributed by atoms with van der Waals surface area (Å²) in [4.78, 5) is 14.4. The van der Waals surface area contributed by atoms with Gasteiger partial charge in [-0.15, -0.1) is 0 Å². The third-order valence-corrected chi connectivity index (χ3v) is 4.99. The van der Waals surface area contributed by atoms with Gasteiger partial charge in [0.25, 0.3) is 0 Å². The third kappa shape index (κ3) is 5.46. The molecule has 1 saturated carbocycles. The first kappa shape index (κ1) is 18.2. The first-order valence-electron chi connectivity index (χ1n) is 9.71. The Labute approximate surface area is 151 Å². The number of hydrogen-bond acceptors (Lipinski definition) is 3. The molecule has 1 saturated heterocycles. The topological polar surface area (TPSA) is 41.6 Å². The maximum absolute atomic E-state index is 12.4. The molecule has 1 amide bonds. The van der Waals surface area contributed by atoms with E-state index >= 15 is 0 Å². The molecule has 1 N–H and O–H groups in total. The van der Waals surface area contributed by atoms with Crippen LogP contribution in [0, 0.1) is 0 Å². The lowest BCUT2D eigenvalue weighted by Crippen LogP contribution is -2.50. The third-order valence-electron chi connectivity index (χ3n) is 4.99. The van der Waals surface area contributed by atoms with Gasteiger partial charge in [-0.1, -0.05) is 24.3 Å². The van der Waals surface area contributed by atoms with Gasteiger partial charge in [0.1, 0.15) is 5.60 Å². The van der Waals surface area contributed by atoms with Crippen molar-refractivity contribution in [2.75, 3.05) is 13.1 Å². The van der Waals surface area contributed by atoms with Crippen LogP contribution in [0.15, 0.2) is 24.3 Å².